The molecule has 1 atom stereocenters. The number of hydrogen-bond acceptors (Lipinski definition) is 4. The Morgan fingerprint density at radius 1 is 1.28 bits per heavy atom. The summed E-state index contributed by atoms with van der Waals surface area (Å²) in [4.78, 5) is 21.8. The van der Waals surface area contributed by atoms with E-state index in [-0.39, 0.29) is 12.1 Å². The van der Waals surface area contributed by atoms with Crippen LogP contribution in [-0.2, 0) is 26.6 Å². The zero-order chi connectivity index (χ0) is 20.1. The highest BCUT2D eigenvalue weighted by atomic mass is 19.1. The van der Waals surface area contributed by atoms with Crippen LogP contribution in [-0.4, -0.2) is 35.1 Å². The number of rotatable bonds is 4. The molecule has 8 heteroatoms. The minimum Gasteiger partial charge on any atom is -0.327 e. The van der Waals surface area contributed by atoms with Gasteiger partial charge in [0.05, 0.1) is 29.5 Å². The first-order valence-electron chi connectivity index (χ1n) is 9.74. The van der Waals surface area contributed by atoms with Crippen molar-refractivity contribution in [3.8, 4) is 22.6 Å². The molecule has 0 radical (unpaired) electrons. The van der Waals surface area contributed by atoms with Crippen LogP contribution in [0.5, 0.6) is 0 Å². The molecule has 0 aliphatic carbocycles. The summed E-state index contributed by atoms with van der Waals surface area (Å²) in [6.45, 7) is 2.60. The Kier molecular flexibility index (Phi) is 4.08. The lowest BCUT2D eigenvalue weighted by Gasteiger charge is -2.09. The highest BCUT2D eigenvalue weighted by Gasteiger charge is 2.25. The molecule has 1 aliphatic rings. The Morgan fingerprint density at radius 3 is 2.97 bits per heavy atom. The summed E-state index contributed by atoms with van der Waals surface area (Å²) in [7, 11) is 1.70. The third-order valence-electron chi connectivity index (χ3n) is 5.34. The van der Waals surface area contributed by atoms with Crippen molar-refractivity contribution >= 4 is 10.9 Å². The summed E-state index contributed by atoms with van der Waals surface area (Å²) in [5, 5.41) is 5.11. The van der Waals surface area contributed by atoms with Crippen molar-refractivity contribution < 1.29 is 4.39 Å². The molecule has 0 saturated carbocycles. The van der Waals surface area contributed by atoms with Crippen LogP contribution in [0.2, 0.25) is 0 Å². The van der Waals surface area contributed by atoms with E-state index in [9.17, 15) is 9.18 Å². The average Bonchev–Trinajstić information content (AvgIpc) is 3.39. The number of hydrogen-bond donors (Lipinski definition) is 0. The zero-order valence-electron chi connectivity index (χ0n) is 16.3. The largest absolute Gasteiger partial charge is 0.327 e. The number of fused-ring (bicyclic) bond motifs is 2. The number of imidazole rings is 1. The van der Waals surface area contributed by atoms with Crippen molar-refractivity contribution in [3.63, 3.8) is 0 Å². The standard InChI is InChI=1S/C21H21FN6O/c1-13(22)11-27-9-7-17(25-27)19-20(28-8-3-4-18(28)24-19)14-5-6-16-15(10-14)21(29)26(2)12-23-16/h5-7,9-10,12-13H,3-4,8,11H2,1-2H3. The van der Waals surface area contributed by atoms with Crippen molar-refractivity contribution in [2.24, 2.45) is 7.05 Å². The Hall–Kier alpha value is -3.29. The van der Waals surface area contributed by atoms with E-state index >= 15 is 0 Å². The molecular formula is C21H21FN6O. The molecule has 7 nitrogen and oxygen atoms in total. The van der Waals surface area contributed by atoms with Crippen molar-refractivity contribution in [2.45, 2.75) is 39.0 Å². The second-order valence-corrected chi connectivity index (χ2v) is 7.58. The van der Waals surface area contributed by atoms with Gasteiger partial charge in [-0.25, -0.2) is 14.4 Å². The first kappa shape index (κ1) is 17.8. The van der Waals surface area contributed by atoms with Crippen LogP contribution in [0.3, 0.4) is 0 Å². The molecule has 5 rings (SSSR count). The van der Waals surface area contributed by atoms with Gasteiger partial charge in [-0.3, -0.25) is 9.48 Å². The van der Waals surface area contributed by atoms with Gasteiger partial charge in [0.25, 0.3) is 5.56 Å². The fraction of sp³-hybridized carbons (Fsp3) is 0.333. The van der Waals surface area contributed by atoms with E-state index in [1.165, 1.54) is 17.8 Å². The normalized spacial score (nSPS) is 14.4. The van der Waals surface area contributed by atoms with Crippen molar-refractivity contribution in [3.05, 3.63) is 53.0 Å². The monoisotopic (exact) mass is 392 g/mol. The predicted molar refractivity (Wildman–Crippen MR) is 108 cm³/mol. The van der Waals surface area contributed by atoms with Crippen LogP contribution >= 0.6 is 0 Å². The molecule has 4 aromatic rings. The first-order chi connectivity index (χ1) is 14.0. The molecule has 1 aromatic carbocycles. The van der Waals surface area contributed by atoms with E-state index in [1.54, 1.807) is 17.9 Å². The summed E-state index contributed by atoms with van der Waals surface area (Å²) in [6, 6.07) is 7.60. The molecule has 4 heterocycles. The number of benzene rings is 1. The molecule has 0 amide bonds. The topological polar surface area (TPSA) is 70.5 Å². The maximum absolute atomic E-state index is 13.4. The minimum absolute atomic E-state index is 0.0826. The zero-order valence-corrected chi connectivity index (χ0v) is 16.3. The molecule has 148 valence electrons. The van der Waals surface area contributed by atoms with Gasteiger partial charge in [0.1, 0.15) is 23.4 Å². The highest BCUT2D eigenvalue weighted by Crippen LogP contribution is 2.35. The third kappa shape index (κ3) is 2.95. The fourth-order valence-corrected chi connectivity index (χ4v) is 4.00. The van der Waals surface area contributed by atoms with Gasteiger partial charge in [-0.15, -0.1) is 0 Å². The quantitative estimate of drug-likeness (QED) is 0.535. The van der Waals surface area contributed by atoms with Gasteiger partial charge < -0.3 is 9.13 Å². The summed E-state index contributed by atoms with van der Waals surface area (Å²) in [5.41, 5.74) is 3.92. The van der Waals surface area contributed by atoms with Gasteiger partial charge in [0.15, 0.2) is 0 Å². The van der Waals surface area contributed by atoms with E-state index in [0.29, 0.717) is 16.6 Å². The molecule has 1 unspecified atom stereocenters. The highest BCUT2D eigenvalue weighted by molar-refractivity contribution is 5.86. The Morgan fingerprint density at radius 2 is 2.14 bits per heavy atom. The number of halogens is 1. The Labute approximate surface area is 166 Å². The van der Waals surface area contributed by atoms with Gasteiger partial charge >= 0.3 is 0 Å². The van der Waals surface area contributed by atoms with E-state index in [4.69, 9.17) is 4.98 Å². The lowest BCUT2D eigenvalue weighted by molar-refractivity contribution is 0.309. The van der Waals surface area contributed by atoms with Crippen LogP contribution in [0.4, 0.5) is 4.39 Å². The van der Waals surface area contributed by atoms with Gasteiger partial charge in [-0.1, -0.05) is 6.07 Å². The first-order valence-corrected chi connectivity index (χ1v) is 9.74. The van der Waals surface area contributed by atoms with Crippen LogP contribution < -0.4 is 5.56 Å². The number of aryl methyl sites for hydroxylation is 2. The third-order valence-corrected chi connectivity index (χ3v) is 5.34. The summed E-state index contributed by atoms with van der Waals surface area (Å²) in [5.74, 6) is 1.02. The van der Waals surface area contributed by atoms with Crippen LogP contribution in [0.1, 0.15) is 19.2 Å². The summed E-state index contributed by atoms with van der Waals surface area (Å²) >= 11 is 0. The van der Waals surface area contributed by atoms with Gasteiger partial charge in [0.2, 0.25) is 0 Å². The van der Waals surface area contributed by atoms with E-state index in [2.05, 4.69) is 14.6 Å². The summed E-state index contributed by atoms with van der Waals surface area (Å²) in [6.07, 6.45) is 4.29. The fourth-order valence-electron chi connectivity index (χ4n) is 4.00. The van der Waals surface area contributed by atoms with E-state index in [0.717, 1.165) is 42.2 Å². The molecular weight excluding hydrogens is 371 g/mol. The molecule has 29 heavy (non-hydrogen) atoms. The van der Waals surface area contributed by atoms with Crippen molar-refractivity contribution in [1.82, 2.24) is 28.9 Å². The molecule has 0 N–H and O–H groups in total. The van der Waals surface area contributed by atoms with Crippen molar-refractivity contribution in [2.75, 3.05) is 0 Å². The summed E-state index contributed by atoms with van der Waals surface area (Å²) < 4.78 is 18.7. The second-order valence-electron chi connectivity index (χ2n) is 7.58. The maximum atomic E-state index is 13.4. The maximum Gasteiger partial charge on any atom is 0.260 e. The van der Waals surface area contributed by atoms with Gasteiger partial charge in [-0.05, 0) is 31.5 Å². The van der Waals surface area contributed by atoms with Gasteiger partial charge in [0, 0.05) is 31.8 Å². The Bertz CT molecular complexity index is 1280. The molecule has 0 spiro atoms. The van der Waals surface area contributed by atoms with E-state index < -0.39 is 6.17 Å². The molecule has 0 saturated heterocycles. The number of nitrogens with zero attached hydrogens (tertiary/aromatic N) is 6. The molecule has 1 aliphatic heterocycles. The smallest absolute Gasteiger partial charge is 0.260 e. The van der Waals surface area contributed by atoms with Crippen molar-refractivity contribution in [1.29, 1.82) is 0 Å². The van der Waals surface area contributed by atoms with Crippen LogP contribution in [0, 0.1) is 0 Å². The molecule has 3 aromatic heterocycles. The Balaban J connectivity index is 1.69. The number of aromatic nitrogens is 6. The van der Waals surface area contributed by atoms with E-state index in [1.807, 2.05) is 24.3 Å². The molecule has 0 fully saturated rings. The van der Waals surface area contributed by atoms with Crippen LogP contribution in [0.25, 0.3) is 33.5 Å². The predicted octanol–water partition coefficient (Wildman–Crippen LogP) is 2.96. The van der Waals surface area contributed by atoms with Crippen LogP contribution in [0.15, 0.2) is 41.6 Å². The molecule has 0 bridgehead atoms. The average molecular weight is 392 g/mol. The lowest BCUT2D eigenvalue weighted by atomic mass is 10.1. The van der Waals surface area contributed by atoms with Gasteiger partial charge in [-0.2, -0.15) is 5.10 Å². The SMILES string of the molecule is CC(F)Cn1ccc(-c2nc3n(c2-c2ccc4ncn(C)c(=O)c4c2)CCC3)n1. The number of alkyl halides is 1. The lowest BCUT2D eigenvalue weighted by Crippen LogP contribution is -2.16. The minimum atomic E-state index is -0.974. The second kappa shape index (κ2) is 6.65.